The van der Waals surface area contributed by atoms with E-state index >= 15 is 0 Å². The van der Waals surface area contributed by atoms with Gasteiger partial charge in [-0.25, -0.2) is 0 Å². The number of furan rings is 1. The van der Waals surface area contributed by atoms with Crippen LogP contribution < -0.4 is 10.2 Å². The average molecular weight is 470 g/mol. The highest BCUT2D eigenvalue weighted by atomic mass is 127. The lowest BCUT2D eigenvalue weighted by molar-refractivity contribution is 0.369. The molecule has 2 N–H and O–H groups in total. The van der Waals surface area contributed by atoms with Crippen molar-refractivity contribution < 1.29 is 9.52 Å². The first-order chi connectivity index (χ1) is 12.3. The summed E-state index contributed by atoms with van der Waals surface area (Å²) < 4.78 is 5.36. The lowest BCUT2D eigenvalue weighted by Gasteiger charge is -2.37. The van der Waals surface area contributed by atoms with Crippen LogP contribution in [0.1, 0.15) is 12.7 Å². The summed E-state index contributed by atoms with van der Waals surface area (Å²) in [7, 11) is 0. The minimum atomic E-state index is 0. The zero-order chi connectivity index (χ0) is 17.5. The summed E-state index contributed by atoms with van der Waals surface area (Å²) in [6.07, 6.45) is 2.50. The number of aliphatic imine (C=N–C) groups is 1. The summed E-state index contributed by atoms with van der Waals surface area (Å²) in [4.78, 5) is 9.23. The van der Waals surface area contributed by atoms with Crippen LogP contribution >= 0.6 is 24.0 Å². The molecule has 6 nitrogen and oxygen atoms in total. The molecular weight excluding hydrogens is 443 g/mol. The summed E-state index contributed by atoms with van der Waals surface area (Å²) in [6, 6.07) is 11.4. The van der Waals surface area contributed by atoms with E-state index in [9.17, 15) is 5.11 Å². The van der Waals surface area contributed by atoms with Crippen LogP contribution in [0.25, 0.3) is 0 Å². The van der Waals surface area contributed by atoms with Crippen molar-refractivity contribution in [1.82, 2.24) is 10.2 Å². The molecule has 2 heterocycles. The fourth-order valence-corrected chi connectivity index (χ4v) is 3.04. The molecule has 0 amide bonds. The van der Waals surface area contributed by atoms with E-state index in [4.69, 9.17) is 9.41 Å². The highest BCUT2D eigenvalue weighted by Gasteiger charge is 2.21. The quantitative estimate of drug-likeness (QED) is 0.400. The fourth-order valence-electron chi connectivity index (χ4n) is 3.04. The molecule has 3 rings (SSSR count). The first-order valence-electron chi connectivity index (χ1n) is 8.86. The molecule has 1 aromatic carbocycles. The van der Waals surface area contributed by atoms with Crippen LogP contribution in [-0.4, -0.2) is 55.2 Å². The van der Waals surface area contributed by atoms with Crippen LogP contribution in [0.4, 0.5) is 5.69 Å². The van der Waals surface area contributed by atoms with E-state index in [0.29, 0.717) is 12.3 Å². The van der Waals surface area contributed by atoms with Crippen molar-refractivity contribution in [2.45, 2.75) is 13.3 Å². The van der Waals surface area contributed by atoms with Gasteiger partial charge >= 0.3 is 0 Å². The summed E-state index contributed by atoms with van der Waals surface area (Å²) in [5, 5.41) is 13.4. The molecule has 1 aliphatic heterocycles. The lowest BCUT2D eigenvalue weighted by atomic mass is 10.2. The molecule has 0 saturated carbocycles. The molecule has 0 spiro atoms. The van der Waals surface area contributed by atoms with Gasteiger partial charge in [0.15, 0.2) is 5.96 Å². The number of nitrogens with one attached hydrogen (secondary N) is 1. The van der Waals surface area contributed by atoms with Crippen molar-refractivity contribution >= 4 is 35.6 Å². The molecule has 7 heteroatoms. The van der Waals surface area contributed by atoms with Crippen LogP contribution in [0, 0.1) is 0 Å². The summed E-state index contributed by atoms with van der Waals surface area (Å²) >= 11 is 0. The molecule has 2 aromatic rings. The normalized spacial score (nSPS) is 14.9. The first kappa shape index (κ1) is 20.4. The van der Waals surface area contributed by atoms with Crippen molar-refractivity contribution in [3.05, 3.63) is 48.4 Å². The Hall–Kier alpha value is -1.90. The predicted molar refractivity (Wildman–Crippen MR) is 116 cm³/mol. The molecule has 0 bridgehead atoms. The lowest BCUT2D eigenvalue weighted by Crippen LogP contribution is -2.52. The molecule has 1 fully saturated rings. The minimum absolute atomic E-state index is 0. The standard InChI is InChI=1S/C19H26N4O2.HI/c1-2-20-19(21-10-9-16-6-5-15-25-16)23-13-11-22(12-14-23)17-7-3-4-8-18(17)24;/h3-8,15,24H,2,9-14H2,1H3,(H,20,21);1H. The van der Waals surface area contributed by atoms with Gasteiger partial charge in [-0.1, -0.05) is 12.1 Å². The third kappa shape index (κ3) is 5.30. The van der Waals surface area contributed by atoms with Gasteiger partial charge in [0, 0.05) is 45.7 Å². The number of hydrogen-bond donors (Lipinski definition) is 2. The Labute approximate surface area is 171 Å². The van der Waals surface area contributed by atoms with Gasteiger partial charge in [0.25, 0.3) is 0 Å². The number of guanidine groups is 1. The van der Waals surface area contributed by atoms with E-state index in [1.54, 1.807) is 12.3 Å². The second kappa shape index (κ2) is 10.3. The SMILES string of the molecule is CCNC(=NCCc1ccco1)N1CCN(c2ccccc2O)CC1.I. The Kier molecular flexibility index (Phi) is 8.08. The zero-order valence-corrected chi connectivity index (χ0v) is 17.4. The maximum atomic E-state index is 10.0. The van der Waals surface area contributed by atoms with E-state index < -0.39 is 0 Å². The molecule has 1 saturated heterocycles. The maximum Gasteiger partial charge on any atom is 0.194 e. The number of phenols is 1. The van der Waals surface area contributed by atoms with Crippen molar-refractivity contribution in [1.29, 1.82) is 0 Å². The zero-order valence-electron chi connectivity index (χ0n) is 15.1. The number of halogens is 1. The molecule has 0 aliphatic carbocycles. The molecule has 142 valence electrons. The third-order valence-corrected chi connectivity index (χ3v) is 4.34. The van der Waals surface area contributed by atoms with E-state index in [1.807, 2.05) is 30.3 Å². The summed E-state index contributed by atoms with van der Waals surface area (Å²) in [6.45, 7) is 7.11. The number of hydrogen-bond acceptors (Lipinski definition) is 4. The molecule has 0 unspecified atom stereocenters. The monoisotopic (exact) mass is 470 g/mol. The van der Waals surface area contributed by atoms with Crippen molar-refractivity contribution in [2.24, 2.45) is 4.99 Å². The number of nitrogens with zero attached hydrogens (tertiary/aromatic N) is 3. The van der Waals surface area contributed by atoms with E-state index in [1.165, 1.54) is 0 Å². The van der Waals surface area contributed by atoms with E-state index in [2.05, 4.69) is 22.0 Å². The van der Waals surface area contributed by atoms with Gasteiger partial charge in [0.1, 0.15) is 11.5 Å². The van der Waals surface area contributed by atoms with Gasteiger partial charge in [0.05, 0.1) is 12.0 Å². The summed E-state index contributed by atoms with van der Waals surface area (Å²) in [5.74, 6) is 2.25. The van der Waals surface area contributed by atoms with Gasteiger partial charge in [-0.05, 0) is 31.2 Å². The number of anilines is 1. The second-order valence-electron chi connectivity index (χ2n) is 6.03. The highest BCUT2D eigenvalue weighted by Crippen LogP contribution is 2.27. The van der Waals surface area contributed by atoms with E-state index in [0.717, 1.165) is 56.6 Å². The molecule has 1 aromatic heterocycles. The van der Waals surface area contributed by atoms with Gasteiger partial charge in [-0.3, -0.25) is 4.99 Å². The van der Waals surface area contributed by atoms with Gasteiger partial charge < -0.3 is 24.6 Å². The van der Waals surface area contributed by atoms with Crippen molar-refractivity contribution in [3.8, 4) is 5.75 Å². The number of piperazine rings is 1. The highest BCUT2D eigenvalue weighted by molar-refractivity contribution is 14.0. The molecule has 1 aliphatic rings. The Balaban J connectivity index is 0.00000243. The smallest absolute Gasteiger partial charge is 0.194 e. The largest absolute Gasteiger partial charge is 0.506 e. The molecular formula is C19H27IN4O2. The predicted octanol–water partition coefficient (Wildman–Crippen LogP) is 2.93. The number of para-hydroxylation sites is 2. The van der Waals surface area contributed by atoms with Crippen LogP contribution in [-0.2, 0) is 6.42 Å². The first-order valence-corrected chi connectivity index (χ1v) is 8.86. The minimum Gasteiger partial charge on any atom is -0.506 e. The van der Waals surface area contributed by atoms with E-state index in [-0.39, 0.29) is 24.0 Å². The Morgan fingerprint density at radius 1 is 1.15 bits per heavy atom. The maximum absolute atomic E-state index is 10.0. The molecule has 0 radical (unpaired) electrons. The van der Waals surface area contributed by atoms with Gasteiger partial charge in [0.2, 0.25) is 0 Å². The topological polar surface area (TPSA) is 64.2 Å². The number of aromatic hydroxyl groups is 1. The van der Waals surface area contributed by atoms with Crippen molar-refractivity contribution in [2.75, 3.05) is 44.2 Å². The second-order valence-corrected chi connectivity index (χ2v) is 6.03. The van der Waals surface area contributed by atoms with Gasteiger partial charge in [-0.2, -0.15) is 0 Å². The van der Waals surface area contributed by atoms with Crippen LogP contribution in [0.5, 0.6) is 5.75 Å². The van der Waals surface area contributed by atoms with Crippen LogP contribution in [0.2, 0.25) is 0 Å². The van der Waals surface area contributed by atoms with Crippen LogP contribution in [0.15, 0.2) is 52.1 Å². The Morgan fingerprint density at radius 2 is 1.92 bits per heavy atom. The molecule has 0 atom stereocenters. The van der Waals surface area contributed by atoms with Gasteiger partial charge in [-0.15, -0.1) is 24.0 Å². The number of rotatable bonds is 5. The third-order valence-electron chi connectivity index (χ3n) is 4.34. The fraction of sp³-hybridized carbons (Fsp3) is 0.421. The number of benzene rings is 1. The van der Waals surface area contributed by atoms with Crippen molar-refractivity contribution in [3.63, 3.8) is 0 Å². The Morgan fingerprint density at radius 3 is 2.58 bits per heavy atom. The summed E-state index contributed by atoms with van der Waals surface area (Å²) in [5.41, 5.74) is 0.905. The number of phenolic OH excluding ortho intramolecular Hbond substituents is 1. The molecule has 26 heavy (non-hydrogen) atoms. The average Bonchev–Trinajstić information content (AvgIpc) is 3.15. The Bertz CT molecular complexity index is 683. The van der Waals surface area contributed by atoms with Crippen LogP contribution in [0.3, 0.4) is 0 Å².